The average Bonchev–Trinajstić information content (AvgIpc) is 2.47. The molecule has 0 aliphatic carbocycles. The molecule has 1 N–H and O–H groups in total. The molecule has 0 spiro atoms. The van der Waals surface area contributed by atoms with Crippen molar-refractivity contribution in [2.75, 3.05) is 6.61 Å². The molecule has 0 heterocycles. The molecule has 0 radical (unpaired) electrons. The molecule has 0 saturated heterocycles. The van der Waals surface area contributed by atoms with E-state index in [1.165, 1.54) is 0 Å². The zero-order valence-corrected chi connectivity index (χ0v) is 12.8. The molecule has 0 fully saturated rings. The Bertz CT molecular complexity index is 572. The Balaban J connectivity index is 1.86. The SMILES string of the molecule is C[C@H](NC(=O)COc1ccccc1Br)c1ccccc1. The quantitative estimate of drug-likeness (QED) is 0.905. The lowest BCUT2D eigenvalue weighted by Gasteiger charge is -2.15. The second-order valence-corrected chi connectivity index (χ2v) is 5.27. The van der Waals surface area contributed by atoms with Gasteiger partial charge in [-0.15, -0.1) is 0 Å². The fourth-order valence-corrected chi connectivity index (χ4v) is 2.21. The van der Waals surface area contributed by atoms with Crippen LogP contribution in [0, 0.1) is 0 Å². The van der Waals surface area contributed by atoms with E-state index in [2.05, 4.69) is 21.2 Å². The maximum atomic E-state index is 11.9. The Kier molecular flexibility index (Phi) is 5.18. The summed E-state index contributed by atoms with van der Waals surface area (Å²) in [6.45, 7) is 1.95. The van der Waals surface area contributed by atoms with E-state index >= 15 is 0 Å². The van der Waals surface area contributed by atoms with Crippen molar-refractivity contribution in [1.29, 1.82) is 0 Å². The van der Waals surface area contributed by atoms with Gasteiger partial charge in [0.2, 0.25) is 0 Å². The lowest BCUT2D eigenvalue weighted by molar-refractivity contribution is -0.123. The molecular formula is C16H16BrNO2. The lowest BCUT2D eigenvalue weighted by Crippen LogP contribution is -2.31. The molecule has 0 saturated carbocycles. The number of halogens is 1. The largest absolute Gasteiger partial charge is 0.483 e. The Morgan fingerprint density at radius 2 is 1.80 bits per heavy atom. The Labute approximate surface area is 127 Å². The van der Waals surface area contributed by atoms with Crippen molar-refractivity contribution in [3.63, 3.8) is 0 Å². The van der Waals surface area contributed by atoms with Crippen LogP contribution in [0.5, 0.6) is 5.75 Å². The Morgan fingerprint density at radius 3 is 2.50 bits per heavy atom. The molecule has 0 bridgehead atoms. The summed E-state index contributed by atoms with van der Waals surface area (Å²) in [6, 6.07) is 17.3. The van der Waals surface area contributed by atoms with Crippen molar-refractivity contribution in [2.45, 2.75) is 13.0 Å². The van der Waals surface area contributed by atoms with Crippen LogP contribution >= 0.6 is 15.9 Å². The number of nitrogens with one attached hydrogen (secondary N) is 1. The minimum atomic E-state index is -0.142. The van der Waals surface area contributed by atoms with Crippen molar-refractivity contribution >= 4 is 21.8 Å². The van der Waals surface area contributed by atoms with Crippen molar-refractivity contribution < 1.29 is 9.53 Å². The first-order chi connectivity index (χ1) is 9.66. The third-order valence-electron chi connectivity index (χ3n) is 2.87. The van der Waals surface area contributed by atoms with Gasteiger partial charge in [0.1, 0.15) is 5.75 Å². The number of ether oxygens (including phenoxy) is 1. The van der Waals surface area contributed by atoms with Crippen molar-refractivity contribution in [3.8, 4) is 5.75 Å². The first kappa shape index (κ1) is 14.6. The van der Waals surface area contributed by atoms with Gasteiger partial charge in [-0.25, -0.2) is 0 Å². The molecule has 3 nitrogen and oxygen atoms in total. The van der Waals surface area contributed by atoms with Gasteiger partial charge in [0.05, 0.1) is 10.5 Å². The first-order valence-electron chi connectivity index (χ1n) is 6.38. The van der Waals surface area contributed by atoms with Crippen LogP contribution in [0.1, 0.15) is 18.5 Å². The molecule has 0 aliphatic heterocycles. The molecule has 0 aromatic heterocycles. The zero-order valence-electron chi connectivity index (χ0n) is 11.2. The Morgan fingerprint density at radius 1 is 1.15 bits per heavy atom. The monoisotopic (exact) mass is 333 g/mol. The van der Waals surface area contributed by atoms with Crippen LogP contribution in [0.25, 0.3) is 0 Å². The molecule has 2 aromatic carbocycles. The summed E-state index contributed by atoms with van der Waals surface area (Å²) in [7, 11) is 0. The number of para-hydroxylation sites is 1. The van der Waals surface area contributed by atoms with E-state index in [4.69, 9.17) is 4.74 Å². The van der Waals surface area contributed by atoms with Gasteiger partial charge in [0.15, 0.2) is 6.61 Å². The van der Waals surface area contributed by atoms with E-state index in [1.807, 2.05) is 61.5 Å². The first-order valence-corrected chi connectivity index (χ1v) is 7.18. The molecule has 0 aliphatic rings. The fraction of sp³-hybridized carbons (Fsp3) is 0.188. The number of amides is 1. The van der Waals surface area contributed by atoms with E-state index in [-0.39, 0.29) is 18.6 Å². The molecule has 0 unspecified atom stereocenters. The second kappa shape index (κ2) is 7.10. The number of carbonyl (C=O) groups excluding carboxylic acids is 1. The predicted octanol–water partition coefficient (Wildman–Crippen LogP) is 3.71. The predicted molar refractivity (Wildman–Crippen MR) is 82.6 cm³/mol. The third-order valence-corrected chi connectivity index (χ3v) is 3.53. The minimum Gasteiger partial charge on any atom is -0.483 e. The molecule has 1 amide bonds. The third kappa shape index (κ3) is 4.10. The molecular weight excluding hydrogens is 318 g/mol. The summed E-state index contributed by atoms with van der Waals surface area (Å²) in [5, 5.41) is 2.91. The van der Waals surface area contributed by atoms with E-state index < -0.39 is 0 Å². The van der Waals surface area contributed by atoms with Crippen LogP contribution < -0.4 is 10.1 Å². The number of benzene rings is 2. The summed E-state index contributed by atoms with van der Waals surface area (Å²) in [4.78, 5) is 11.9. The molecule has 4 heteroatoms. The molecule has 1 atom stereocenters. The van der Waals surface area contributed by atoms with Gasteiger partial charge in [0, 0.05) is 0 Å². The van der Waals surface area contributed by atoms with Gasteiger partial charge in [0.25, 0.3) is 5.91 Å². The van der Waals surface area contributed by atoms with Crippen molar-refractivity contribution in [1.82, 2.24) is 5.32 Å². The molecule has 104 valence electrons. The highest BCUT2D eigenvalue weighted by atomic mass is 79.9. The smallest absolute Gasteiger partial charge is 0.258 e. The summed E-state index contributed by atoms with van der Waals surface area (Å²) in [5.74, 6) is 0.520. The highest BCUT2D eigenvalue weighted by Crippen LogP contribution is 2.23. The van der Waals surface area contributed by atoms with Gasteiger partial charge in [-0.05, 0) is 40.5 Å². The van der Waals surface area contributed by atoms with Crippen LogP contribution in [0.4, 0.5) is 0 Å². The number of rotatable bonds is 5. The van der Waals surface area contributed by atoms with Crippen LogP contribution in [0.15, 0.2) is 59.1 Å². The molecule has 2 aromatic rings. The van der Waals surface area contributed by atoms with Gasteiger partial charge >= 0.3 is 0 Å². The maximum absolute atomic E-state index is 11.9. The summed E-state index contributed by atoms with van der Waals surface area (Å²) in [6.07, 6.45) is 0. The van der Waals surface area contributed by atoms with Crippen LogP contribution in [-0.4, -0.2) is 12.5 Å². The number of hydrogen-bond acceptors (Lipinski definition) is 2. The van der Waals surface area contributed by atoms with Gasteiger partial charge in [-0.3, -0.25) is 4.79 Å². The molecule has 20 heavy (non-hydrogen) atoms. The van der Waals surface area contributed by atoms with Crippen LogP contribution in [0.2, 0.25) is 0 Å². The second-order valence-electron chi connectivity index (χ2n) is 4.42. The maximum Gasteiger partial charge on any atom is 0.258 e. The zero-order chi connectivity index (χ0) is 14.4. The number of carbonyl (C=O) groups is 1. The highest BCUT2D eigenvalue weighted by Gasteiger charge is 2.10. The van der Waals surface area contributed by atoms with E-state index in [0.29, 0.717) is 5.75 Å². The lowest BCUT2D eigenvalue weighted by atomic mass is 10.1. The van der Waals surface area contributed by atoms with Crippen molar-refractivity contribution in [3.05, 3.63) is 64.6 Å². The minimum absolute atomic E-state index is 0.000211. The van der Waals surface area contributed by atoms with Gasteiger partial charge < -0.3 is 10.1 Å². The summed E-state index contributed by atoms with van der Waals surface area (Å²) >= 11 is 3.38. The highest BCUT2D eigenvalue weighted by molar-refractivity contribution is 9.10. The number of hydrogen-bond donors (Lipinski definition) is 1. The van der Waals surface area contributed by atoms with Gasteiger partial charge in [-0.2, -0.15) is 0 Å². The van der Waals surface area contributed by atoms with E-state index in [1.54, 1.807) is 0 Å². The van der Waals surface area contributed by atoms with E-state index in [0.717, 1.165) is 10.0 Å². The molecule has 2 rings (SSSR count). The fourth-order valence-electron chi connectivity index (χ4n) is 1.81. The standard InChI is InChI=1S/C16H16BrNO2/c1-12(13-7-3-2-4-8-13)18-16(19)11-20-15-10-6-5-9-14(15)17/h2-10,12H,11H2,1H3,(H,18,19)/t12-/m0/s1. The van der Waals surface area contributed by atoms with Gasteiger partial charge in [-0.1, -0.05) is 42.5 Å². The topological polar surface area (TPSA) is 38.3 Å². The summed E-state index contributed by atoms with van der Waals surface area (Å²) in [5.41, 5.74) is 1.07. The summed E-state index contributed by atoms with van der Waals surface area (Å²) < 4.78 is 6.31. The van der Waals surface area contributed by atoms with Crippen molar-refractivity contribution in [2.24, 2.45) is 0 Å². The normalized spacial score (nSPS) is 11.7. The van der Waals surface area contributed by atoms with E-state index in [9.17, 15) is 4.79 Å². The Hall–Kier alpha value is -1.81. The average molecular weight is 334 g/mol. The van der Waals surface area contributed by atoms with Crippen LogP contribution in [-0.2, 0) is 4.79 Å². The van der Waals surface area contributed by atoms with Crippen LogP contribution in [0.3, 0.4) is 0 Å².